The molecule has 2 fully saturated rings. The normalized spacial score (nSPS) is 19.8. The number of nitrogens with one attached hydrogen (secondary N) is 2. The van der Waals surface area contributed by atoms with E-state index in [1.807, 2.05) is 60.7 Å². The SMILES string of the molecule is O=C(NC(Cc1ccccc1)C(=O)NC1CCN(C2CC2)C1)OCc1ccccc1. The largest absolute Gasteiger partial charge is 0.445 e. The van der Waals surface area contributed by atoms with Gasteiger partial charge in [-0.15, -0.1) is 0 Å². The molecule has 6 nitrogen and oxygen atoms in total. The fraction of sp³-hybridized carbons (Fsp3) is 0.417. The summed E-state index contributed by atoms with van der Waals surface area (Å²) in [6, 6.07) is 19.4. The van der Waals surface area contributed by atoms with E-state index in [2.05, 4.69) is 15.5 Å². The number of carbonyl (C=O) groups is 2. The Balaban J connectivity index is 1.34. The van der Waals surface area contributed by atoms with Crippen LogP contribution < -0.4 is 10.6 Å². The second-order valence-corrected chi connectivity index (χ2v) is 8.17. The molecule has 2 aromatic rings. The third-order valence-electron chi connectivity index (χ3n) is 5.73. The molecule has 1 saturated carbocycles. The summed E-state index contributed by atoms with van der Waals surface area (Å²) in [5.41, 5.74) is 1.90. The molecule has 1 heterocycles. The average molecular weight is 408 g/mol. The first-order valence-electron chi connectivity index (χ1n) is 10.7. The molecule has 2 aromatic carbocycles. The van der Waals surface area contributed by atoms with Gasteiger partial charge in [-0.25, -0.2) is 4.79 Å². The number of amides is 2. The van der Waals surface area contributed by atoms with Gasteiger partial charge in [0.15, 0.2) is 0 Å². The lowest BCUT2D eigenvalue weighted by Gasteiger charge is -2.21. The van der Waals surface area contributed by atoms with Gasteiger partial charge >= 0.3 is 6.09 Å². The highest BCUT2D eigenvalue weighted by Crippen LogP contribution is 2.29. The van der Waals surface area contributed by atoms with E-state index in [1.54, 1.807) is 0 Å². The number of carbonyl (C=O) groups excluding carboxylic acids is 2. The molecule has 2 unspecified atom stereocenters. The molecule has 2 aliphatic rings. The van der Waals surface area contributed by atoms with E-state index >= 15 is 0 Å². The van der Waals surface area contributed by atoms with Gasteiger partial charge in [0.05, 0.1) is 0 Å². The van der Waals surface area contributed by atoms with Crippen molar-refractivity contribution in [3.8, 4) is 0 Å². The Bertz CT molecular complexity index is 839. The molecule has 0 spiro atoms. The third kappa shape index (κ3) is 5.83. The molecule has 158 valence electrons. The molecule has 4 rings (SSSR count). The number of likely N-dealkylation sites (tertiary alicyclic amines) is 1. The van der Waals surface area contributed by atoms with Gasteiger partial charge in [-0.3, -0.25) is 9.69 Å². The van der Waals surface area contributed by atoms with Crippen LogP contribution in [0.25, 0.3) is 0 Å². The van der Waals surface area contributed by atoms with Gasteiger partial charge in [-0.05, 0) is 30.4 Å². The zero-order valence-electron chi connectivity index (χ0n) is 17.1. The minimum absolute atomic E-state index is 0.138. The predicted molar refractivity (Wildman–Crippen MR) is 115 cm³/mol. The van der Waals surface area contributed by atoms with Crippen molar-refractivity contribution in [1.82, 2.24) is 15.5 Å². The summed E-state index contributed by atoms with van der Waals surface area (Å²) in [5, 5.41) is 5.91. The van der Waals surface area contributed by atoms with Gasteiger partial charge in [0.2, 0.25) is 5.91 Å². The summed E-state index contributed by atoms with van der Waals surface area (Å²) in [7, 11) is 0. The van der Waals surface area contributed by atoms with E-state index in [9.17, 15) is 9.59 Å². The van der Waals surface area contributed by atoms with Crippen molar-refractivity contribution in [2.24, 2.45) is 0 Å². The van der Waals surface area contributed by atoms with Crippen LogP contribution >= 0.6 is 0 Å². The first-order chi connectivity index (χ1) is 14.7. The highest BCUT2D eigenvalue weighted by Gasteiger charge is 2.35. The van der Waals surface area contributed by atoms with E-state index < -0.39 is 12.1 Å². The van der Waals surface area contributed by atoms with E-state index in [-0.39, 0.29) is 18.6 Å². The van der Waals surface area contributed by atoms with Crippen LogP contribution in [0.3, 0.4) is 0 Å². The maximum atomic E-state index is 13.0. The molecule has 1 aliphatic heterocycles. The second kappa shape index (κ2) is 9.76. The van der Waals surface area contributed by atoms with Crippen molar-refractivity contribution >= 4 is 12.0 Å². The number of benzene rings is 2. The van der Waals surface area contributed by atoms with Crippen LogP contribution in [0.2, 0.25) is 0 Å². The number of alkyl carbamates (subject to hydrolysis) is 1. The van der Waals surface area contributed by atoms with Gasteiger partial charge in [-0.1, -0.05) is 60.7 Å². The van der Waals surface area contributed by atoms with Crippen LogP contribution in [0, 0.1) is 0 Å². The lowest BCUT2D eigenvalue weighted by Crippen LogP contribution is -2.51. The van der Waals surface area contributed by atoms with Gasteiger partial charge in [0.1, 0.15) is 12.6 Å². The fourth-order valence-electron chi connectivity index (χ4n) is 3.94. The average Bonchev–Trinajstić information content (AvgIpc) is 3.52. The Kier molecular flexibility index (Phi) is 6.64. The molecular weight excluding hydrogens is 378 g/mol. The first-order valence-corrected chi connectivity index (χ1v) is 10.7. The summed E-state index contributed by atoms with van der Waals surface area (Å²) < 4.78 is 5.33. The van der Waals surface area contributed by atoms with Crippen LogP contribution in [0.15, 0.2) is 60.7 Å². The van der Waals surface area contributed by atoms with Gasteiger partial charge in [0.25, 0.3) is 0 Å². The zero-order chi connectivity index (χ0) is 20.8. The Morgan fingerprint density at radius 1 is 0.967 bits per heavy atom. The monoisotopic (exact) mass is 407 g/mol. The number of rotatable bonds is 8. The maximum Gasteiger partial charge on any atom is 0.408 e. The molecule has 2 amide bonds. The van der Waals surface area contributed by atoms with Crippen LogP contribution in [-0.2, 0) is 22.6 Å². The maximum absolute atomic E-state index is 13.0. The van der Waals surface area contributed by atoms with Crippen LogP contribution in [0.1, 0.15) is 30.4 Å². The molecule has 2 N–H and O–H groups in total. The Morgan fingerprint density at radius 2 is 1.63 bits per heavy atom. The Labute approximate surface area is 177 Å². The van der Waals surface area contributed by atoms with Gasteiger partial charge in [0, 0.05) is 31.6 Å². The van der Waals surface area contributed by atoms with Crippen LogP contribution in [0.5, 0.6) is 0 Å². The van der Waals surface area contributed by atoms with Gasteiger partial charge < -0.3 is 15.4 Å². The van der Waals surface area contributed by atoms with E-state index in [0.29, 0.717) is 12.5 Å². The molecule has 1 saturated heterocycles. The number of hydrogen-bond donors (Lipinski definition) is 2. The summed E-state index contributed by atoms with van der Waals surface area (Å²) in [6.07, 6.45) is 3.34. The Hall–Kier alpha value is -2.86. The fourth-order valence-corrected chi connectivity index (χ4v) is 3.94. The lowest BCUT2D eigenvalue weighted by molar-refractivity contribution is -0.123. The zero-order valence-corrected chi connectivity index (χ0v) is 17.1. The molecular formula is C24H29N3O3. The summed E-state index contributed by atoms with van der Waals surface area (Å²) in [5.74, 6) is -0.154. The summed E-state index contributed by atoms with van der Waals surface area (Å²) in [4.78, 5) is 27.8. The highest BCUT2D eigenvalue weighted by atomic mass is 16.5. The Morgan fingerprint density at radius 3 is 2.30 bits per heavy atom. The smallest absolute Gasteiger partial charge is 0.408 e. The number of ether oxygens (including phenoxy) is 1. The minimum Gasteiger partial charge on any atom is -0.445 e. The molecule has 6 heteroatoms. The van der Waals surface area contributed by atoms with Gasteiger partial charge in [-0.2, -0.15) is 0 Å². The van der Waals surface area contributed by atoms with Crippen molar-refractivity contribution in [1.29, 1.82) is 0 Å². The summed E-state index contributed by atoms with van der Waals surface area (Å²) in [6.45, 7) is 2.10. The van der Waals surface area contributed by atoms with Crippen molar-refractivity contribution in [3.05, 3.63) is 71.8 Å². The van der Waals surface area contributed by atoms with Crippen molar-refractivity contribution in [3.63, 3.8) is 0 Å². The molecule has 0 bridgehead atoms. The standard InChI is InChI=1S/C24H29N3O3/c28-23(25-20-13-14-27(16-20)21-11-12-21)22(15-18-7-3-1-4-8-18)26-24(29)30-17-19-9-5-2-6-10-19/h1-10,20-22H,11-17H2,(H,25,28)(H,26,29). The van der Waals surface area contributed by atoms with Crippen LogP contribution in [-0.4, -0.2) is 48.1 Å². The minimum atomic E-state index is -0.675. The quantitative estimate of drug-likeness (QED) is 0.706. The molecule has 0 aromatic heterocycles. The van der Waals surface area contributed by atoms with E-state index in [1.165, 1.54) is 12.8 Å². The van der Waals surface area contributed by atoms with Crippen molar-refractivity contribution < 1.29 is 14.3 Å². The molecule has 2 atom stereocenters. The predicted octanol–water partition coefficient (Wildman–Crippen LogP) is 2.88. The number of hydrogen-bond acceptors (Lipinski definition) is 4. The van der Waals surface area contributed by atoms with Crippen molar-refractivity contribution in [2.75, 3.05) is 13.1 Å². The molecule has 30 heavy (non-hydrogen) atoms. The lowest BCUT2D eigenvalue weighted by atomic mass is 10.0. The van der Waals surface area contributed by atoms with E-state index in [4.69, 9.17) is 4.74 Å². The number of nitrogens with zero attached hydrogens (tertiary/aromatic N) is 1. The second-order valence-electron chi connectivity index (χ2n) is 8.17. The topological polar surface area (TPSA) is 70.7 Å². The van der Waals surface area contributed by atoms with Crippen molar-refractivity contribution in [2.45, 2.75) is 50.4 Å². The van der Waals surface area contributed by atoms with E-state index in [0.717, 1.165) is 30.6 Å². The molecule has 0 radical (unpaired) electrons. The third-order valence-corrected chi connectivity index (χ3v) is 5.73. The van der Waals surface area contributed by atoms with Crippen LogP contribution in [0.4, 0.5) is 4.79 Å². The first kappa shape index (κ1) is 20.4. The highest BCUT2D eigenvalue weighted by molar-refractivity contribution is 5.86. The molecule has 1 aliphatic carbocycles. The summed E-state index contributed by atoms with van der Waals surface area (Å²) >= 11 is 0.